The summed E-state index contributed by atoms with van der Waals surface area (Å²) in [6, 6.07) is 7.50. The van der Waals surface area contributed by atoms with E-state index in [1.54, 1.807) is 0 Å². The van der Waals surface area contributed by atoms with Crippen molar-refractivity contribution >= 4 is 28.8 Å². The van der Waals surface area contributed by atoms with Gasteiger partial charge in [-0.15, -0.1) is 11.3 Å². The predicted octanol–water partition coefficient (Wildman–Crippen LogP) is 3.52. The fourth-order valence-corrected chi connectivity index (χ4v) is 2.90. The lowest BCUT2D eigenvalue weighted by Gasteiger charge is -1.99. The van der Waals surface area contributed by atoms with Crippen molar-refractivity contribution in [2.45, 2.75) is 13.8 Å². The largest absolute Gasteiger partial charge is 0.352 e. The van der Waals surface area contributed by atoms with E-state index in [1.165, 1.54) is 11.3 Å². The Hall–Kier alpha value is -1.39. The van der Waals surface area contributed by atoms with E-state index in [9.17, 15) is 4.79 Å². The molecule has 0 bridgehead atoms. The number of carbonyl (C=O) groups is 1. The molecule has 1 heterocycles. The van der Waals surface area contributed by atoms with Crippen LogP contribution in [0.2, 0.25) is 5.02 Å². The highest BCUT2D eigenvalue weighted by Crippen LogP contribution is 2.32. The number of benzene rings is 1. The third-order valence-electron chi connectivity index (χ3n) is 2.44. The summed E-state index contributed by atoms with van der Waals surface area (Å²) in [5, 5.41) is 4.20. The molecule has 0 atom stereocenters. The maximum Gasteiger partial charge on any atom is 0.263 e. The molecule has 0 fully saturated rings. The summed E-state index contributed by atoms with van der Waals surface area (Å²) in [6.07, 6.45) is 0. The van der Waals surface area contributed by atoms with Gasteiger partial charge in [0.05, 0.1) is 10.7 Å². The van der Waals surface area contributed by atoms with Gasteiger partial charge in [0.1, 0.15) is 9.88 Å². The van der Waals surface area contributed by atoms with E-state index in [1.807, 2.05) is 38.1 Å². The second-order valence-electron chi connectivity index (χ2n) is 3.77. The number of nitrogens with zero attached hydrogens (tertiary/aromatic N) is 1. The number of nitrogens with one attached hydrogen (secondary N) is 1. The topological polar surface area (TPSA) is 42.0 Å². The minimum Gasteiger partial charge on any atom is -0.352 e. The van der Waals surface area contributed by atoms with Crippen molar-refractivity contribution in [2.75, 3.05) is 6.54 Å². The SMILES string of the molecule is CCNC(=O)c1sc(-c2ccccc2Cl)nc1C. The predicted molar refractivity (Wildman–Crippen MR) is 75.3 cm³/mol. The van der Waals surface area contributed by atoms with Crippen LogP contribution in [0.4, 0.5) is 0 Å². The first-order valence-electron chi connectivity index (χ1n) is 5.64. The summed E-state index contributed by atoms with van der Waals surface area (Å²) in [5.74, 6) is -0.0780. The van der Waals surface area contributed by atoms with E-state index < -0.39 is 0 Å². The molecule has 3 nitrogen and oxygen atoms in total. The fraction of sp³-hybridized carbons (Fsp3) is 0.231. The Kier molecular flexibility index (Phi) is 3.99. The minimum atomic E-state index is -0.0780. The molecule has 1 N–H and O–H groups in total. The minimum absolute atomic E-state index is 0.0780. The Morgan fingerprint density at radius 3 is 2.83 bits per heavy atom. The maximum absolute atomic E-state index is 11.8. The molecular weight excluding hydrogens is 268 g/mol. The number of aryl methyl sites for hydroxylation is 1. The summed E-state index contributed by atoms with van der Waals surface area (Å²) < 4.78 is 0. The first kappa shape index (κ1) is 13.1. The third-order valence-corrected chi connectivity index (χ3v) is 3.96. The van der Waals surface area contributed by atoms with Crippen LogP contribution in [-0.2, 0) is 0 Å². The summed E-state index contributed by atoms with van der Waals surface area (Å²) in [4.78, 5) is 16.9. The van der Waals surface area contributed by atoms with Crippen LogP contribution >= 0.6 is 22.9 Å². The van der Waals surface area contributed by atoms with Gasteiger partial charge in [-0.05, 0) is 19.9 Å². The smallest absolute Gasteiger partial charge is 0.263 e. The summed E-state index contributed by atoms with van der Waals surface area (Å²) in [6.45, 7) is 4.34. The molecule has 0 saturated heterocycles. The molecule has 0 radical (unpaired) electrons. The molecule has 1 amide bonds. The van der Waals surface area contributed by atoms with Gasteiger partial charge in [0.15, 0.2) is 0 Å². The van der Waals surface area contributed by atoms with Crippen LogP contribution in [0.5, 0.6) is 0 Å². The number of aromatic nitrogens is 1. The number of carbonyl (C=O) groups excluding carboxylic acids is 1. The molecule has 0 aliphatic carbocycles. The summed E-state index contributed by atoms with van der Waals surface area (Å²) in [5.41, 5.74) is 1.60. The lowest BCUT2D eigenvalue weighted by atomic mass is 10.2. The zero-order valence-electron chi connectivity index (χ0n) is 10.2. The standard InChI is InChI=1S/C13H13ClN2OS/c1-3-15-12(17)11-8(2)16-13(18-11)9-6-4-5-7-10(9)14/h4-7H,3H2,1-2H3,(H,15,17). The van der Waals surface area contributed by atoms with E-state index >= 15 is 0 Å². The summed E-state index contributed by atoms with van der Waals surface area (Å²) in [7, 11) is 0. The fourth-order valence-electron chi connectivity index (χ4n) is 1.60. The van der Waals surface area contributed by atoms with Crippen LogP contribution in [0.15, 0.2) is 24.3 Å². The molecule has 94 valence electrons. The van der Waals surface area contributed by atoms with Gasteiger partial charge in [0, 0.05) is 12.1 Å². The monoisotopic (exact) mass is 280 g/mol. The van der Waals surface area contributed by atoms with Gasteiger partial charge >= 0.3 is 0 Å². The van der Waals surface area contributed by atoms with Crippen LogP contribution in [0.3, 0.4) is 0 Å². The maximum atomic E-state index is 11.8. The van der Waals surface area contributed by atoms with Crippen molar-refractivity contribution in [3.8, 4) is 10.6 Å². The van der Waals surface area contributed by atoms with E-state index in [0.29, 0.717) is 16.4 Å². The van der Waals surface area contributed by atoms with Gasteiger partial charge in [-0.2, -0.15) is 0 Å². The zero-order chi connectivity index (χ0) is 13.1. The van der Waals surface area contributed by atoms with Crippen LogP contribution < -0.4 is 5.32 Å². The van der Waals surface area contributed by atoms with Gasteiger partial charge in [-0.1, -0.05) is 29.8 Å². The van der Waals surface area contributed by atoms with Gasteiger partial charge in [0.2, 0.25) is 0 Å². The lowest BCUT2D eigenvalue weighted by molar-refractivity contribution is 0.0959. The van der Waals surface area contributed by atoms with Crippen LogP contribution in [0.25, 0.3) is 10.6 Å². The van der Waals surface area contributed by atoms with Crippen molar-refractivity contribution in [2.24, 2.45) is 0 Å². The second kappa shape index (κ2) is 5.50. The van der Waals surface area contributed by atoms with Crippen LogP contribution in [0.1, 0.15) is 22.3 Å². The second-order valence-corrected chi connectivity index (χ2v) is 5.18. The normalized spacial score (nSPS) is 10.4. The van der Waals surface area contributed by atoms with Gasteiger partial charge in [0.25, 0.3) is 5.91 Å². The summed E-state index contributed by atoms with van der Waals surface area (Å²) >= 11 is 7.49. The van der Waals surface area contributed by atoms with Crippen molar-refractivity contribution in [1.29, 1.82) is 0 Å². The average molecular weight is 281 g/mol. The molecule has 18 heavy (non-hydrogen) atoms. The molecule has 2 aromatic rings. The molecule has 5 heteroatoms. The Labute approximate surface area is 115 Å². The quantitative estimate of drug-likeness (QED) is 0.935. The first-order chi connectivity index (χ1) is 8.63. The van der Waals surface area contributed by atoms with Crippen molar-refractivity contribution in [3.05, 3.63) is 39.9 Å². The Morgan fingerprint density at radius 1 is 1.44 bits per heavy atom. The number of rotatable bonds is 3. The molecular formula is C13H13ClN2OS. The van der Waals surface area contributed by atoms with Gasteiger partial charge in [-0.3, -0.25) is 4.79 Å². The van der Waals surface area contributed by atoms with E-state index in [4.69, 9.17) is 11.6 Å². The molecule has 1 aromatic carbocycles. The molecule has 0 saturated carbocycles. The molecule has 0 aliphatic rings. The number of thiazole rings is 1. The highest BCUT2D eigenvalue weighted by atomic mass is 35.5. The molecule has 0 spiro atoms. The van der Waals surface area contributed by atoms with E-state index in [2.05, 4.69) is 10.3 Å². The average Bonchev–Trinajstić information content (AvgIpc) is 2.72. The number of amides is 1. The van der Waals surface area contributed by atoms with Crippen LogP contribution in [0, 0.1) is 6.92 Å². The van der Waals surface area contributed by atoms with E-state index in [-0.39, 0.29) is 5.91 Å². The van der Waals surface area contributed by atoms with Crippen molar-refractivity contribution in [3.63, 3.8) is 0 Å². The van der Waals surface area contributed by atoms with Crippen LogP contribution in [-0.4, -0.2) is 17.4 Å². The lowest BCUT2D eigenvalue weighted by Crippen LogP contribution is -2.22. The molecule has 0 unspecified atom stereocenters. The Bertz CT molecular complexity index is 580. The number of hydrogen-bond donors (Lipinski definition) is 1. The Morgan fingerprint density at radius 2 is 2.17 bits per heavy atom. The molecule has 2 rings (SSSR count). The van der Waals surface area contributed by atoms with Gasteiger partial charge in [-0.25, -0.2) is 4.98 Å². The van der Waals surface area contributed by atoms with Gasteiger partial charge < -0.3 is 5.32 Å². The molecule has 0 aliphatic heterocycles. The first-order valence-corrected chi connectivity index (χ1v) is 6.83. The van der Waals surface area contributed by atoms with Crippen molar-refractivity contribution in [1.82, 2.24) is 10.3 Å². The number of halogens is 1. The highest BCUT2D eigenvalue weighted by Gasteiger charge is 2.16. The third kappa shape index (κ3) is 2.54. The zero-order valence-corrected chi connectivity index (χ0v) is 11.7. The Balaban J connectivity index is 2.41. The highest BCUT2D eigenvalue weighted by molar-refractivity contribution is 7.17. The molecule has 1 aromatic heterocycles. The number of hydrogen-bond acceptors (Lipinski definition) is 3. The van der Waals surface area contributed by atoms with Crippen molar-refractivity contribution < 1.29 is 4.79 Å². The van der Waals surface area contributed by atoms with E-state index in [0.717, 1.165) is 16.3 Å².